The number of amides is 2. The Morgan fingerprint density at radius 1 is 1.05 bits per heavy atom. The first-order valence-electron chi connectivity index (χ1n) is 7.72. The average Bonchev–Trinajstić information content (AvgIpc) is 3.30. The van der Waals surface area contributed by atoms with Crippen molar-refractivity contribution in [2.75, 3.05) is 13.1 Å². The van der Waals surface area contributed by atoms with E-state index < -0.39 is 11.9 Å². The molecule has 1 saturated heterocycles. The first kappa shape index (κ1) is 15.8. The van der Waals surface area contributed by atoms with Crippen molar-refractivity contribution in [2.45, 2.75) is 45.6 Å². The van der Waals surface area contributed by atoms with Crippen LogP contribution in [0.4, 0.5) is 0 Å². The van der Waals surface area contributed by atoms with Crippen LogP contribution >= 0.6 is 0 Å². The molecule has 0 aromatic rings. The van der Waals surface area contributed by atoms with E-state index in [1.54, 1.807) is 13.8 Å². The molecular weight excluding hydrogens is 272 g/mol. The number of carbonyl (C=O) groups excluding carboxylic acids is 2. The van der Waals surface area contributed by atoms with Gasteiger partial charge < -0.3 is 15.3 Å². The molecule has 0 radical (unpaired) electrons. The summed E-state index contributed by atoms with van der Waals surface area (Å²) in [6.07, 6.45) is 3.34. The van der Waals surface area contributed by atoms with Crippen LogP contribution in [-0.2, 0) is 14.4 Å². The van der Waals surface area contributed by atoms with E-state index in [0.29, 0.717) is 25.9 Å². The number of rotatable bonds is 5. The van der Waals surface area contributed by atoms with Crippen molar-refractivity contribution < 1.29 is 19.5 Å². The first-order chi connectivity index (χ1) is 9.90. The molecule has 1 saturated carbocycles. The van der Waals surface area contributed by atoms with Gasteiger partial charge in [-0.3, -0.25) is 14.4 Å². The summed E-state index contributed by atoms with van der Waals surface area (Å²) in [5.74, 6) is -1.25. The Labute approximate surface area is 124 Å². The Hall–Kier alpha value is -1.59. The maximum absolute atomic E-state index is 12.2. The Kier molecular flexibility index (Phi) is 4.85. The Bertz CT molecular complexity index is 425. The maximum Gasteiger partial charge on any atom is 0.308 e. The fourth-order valence-corrected chi connectivity index (χ4v) is 2.63. The van der Waals surface area contributed by atoms with Crippen LogP contribution in [0.3, 0.4) is 0 Å². The molecule has 0 bridgehead atoms. The minimum Gasteiger partial charge on any atom is -0.481 e. The van der Waals surface area contributed by atoms with Crippen LogP contribution in [0.1, 0.15) is 39.5 Å². The van der Waals surface area contributed by atoms with Crippen molar-refractivity contribution in [3.05, 3.63) is 0 Å². The van der Waals surface area contributed by atoms with Gasteiger partial charge in [0, 0.05) is 31.0 Å². The highest BCUT2D eigenvalue weighted by Gasteiger charge is 2.36. The number of nitrogens with one attached hydrogen (secondary N) is 1. The van der Waals surface area contributed by atoms with Crippen molar-refractivity contribution in [1.82, 2.24) is 10.2 Å². The van der Waals surface area contributed by atoms with E-state index in [2.05, 4.69) is 5.32 Å². The van der Waals surface area contributed by atoms with E-state index in [1.807, 2.05) is 4.90 Å². The van der Waals surface area contributed by atoms with Crippen molar-refractivity contribution >= 4 is 17.8 Å². The number of carbonyl (C=O) groups is 3. The summed E-state index contributed by atoms with van der Waals surface area (Å²) in [4.78, 5) is 36.8. The van der Waals surface area contributed by atoms with Gasteiger partial charge in [-0.25, -0.2) is 0 Å². The van der Waals surface area contributed by atoms with E-state index >= 15 is 0 Å². The number of likely N-dealkylation sites (tertiary alicyclic amines) is 1. The summed E-state index contributed by atoms with van der Waals surface area (Å²) in [7, 11) is 0. The van der Waals surface area contributed by atoms with Gasteiger partial charge in [0.25, 0.3) is 0 Å². The molecule has 2 amide bonds. The smallest absolute Gasteiger partial charge is 0.308 e. The molecule has 0 spiro atoms. The predicted octanol–water partition coefficient (Wildman–Crippen LogP) is 0.860. The Morgan fingerprint density at radius 3 is 2.10 bits per heavy atom. The van der Waals surface area contributed by atoms with Crippen LogP contribution in [-0.4, -0.2) is 46.9 Å². The van der Waals surface area contributed by atoms with Gasteiger partial charge in [-0.15, -0.1) is 0 Å². The molecule has 2 unspecified atom stereocenters. The molecule has 118 valence electrons. The van der Waals surface area contributed by atoms with E-state index in [0.717, 1.165) is 12.8 Å². The van der Waals surface area contributed by atoms with Gasteiger partial charge in [0.2, 0.25) is 11.8 Å². The fraction of sp³-hybridized carbons (Fsp3) is 0.800. The number of nitrogens with zero attached hydrogens (tertiary/aromatic N) is 1. The molecule has 2 aliphatic rings. The Morgan fingerprint density at radius 2 is 1.62 bits per heavy atom. The van der Waals surface area contributed by atoms with Crippen molar-refractivity contribution in [3.8, 4) is 0 Å². The van der Waals surface area contributed by atoms with E-state index in [-0.39, 0.29) is 29.7 Å². The number of aliphatic carboxylic acids is 1. The van der Waals surface area contributed by atoms with Crippen molar-refractivity contribution in [3.63, 3.8) is 0 Å². The topological polar surface area (TPSA) is 86.7 Å². The van der Waals surface area contributed by atoms with Crippen LogP contribution < -0.4 is 5.32 Å². The highest BCUT2D eigenvalue weighted by molar-refractivity contribution is 5.82. The molecule has 6 heteroatoms. The van der Waals surface area contributed by atoms with E-state index in [9.17, 15) is 14.4 Å². The third-order valence-corrected chi connectivity index (χ3v) is 4.61. The third kappa shape index (κ3) is 3.95. The maximum atomic E-state index is 12.2. The summed E-state index contributed by atoms with van der Waals surface area (Å²) in [6.45, 7) is 4.57. The lowest BCUT2D eigenvalue weighted by Crippen LogP contribution is -2.47. The second-order valence-corrected chi connectivity index (χ2v) is 6.30. The molecule has 21 heavy (non-hydrogen) atoms. The Balaban J connectivity index is 1.77. The largest absolute Gasteiger partial charge is 0.481 e. The van der Waals surface area contributed by atoms with E-state index in [4.69, 9.17) is 5.11 Å². The third-order valence-electron chi connectivity index (χ3n) is 4.61. The quantitative estimate of drug-likeness (QED) is 0.788. The van der Waals surface area contributed by atoms with Crippen LogP contribution in [0.25, 0.3) is 0 Å². The second-order valence-electron chi connectivity index (χ2n) is 6.30. The van der Waals surface area contributed by atoms with Crippen LogP contribution in [0.5, 0.6) is 0 Å². The lowest BCUT2D eigenvalue weighted by atomic mass is 9.94. The zero-order chi connectivity index (χ0) is 15.6. The van der Waals surface area contributed by atoms with Gasteiger partial charge in [0.15, 0.2) is 0 Å². The summed E-state index contributed by atoms with van der Waals surface area (Å²) >= 11 is 0. The minimum atomic E-state index is -0.910. The fourth-order valence-electron chi connectivity index (χ4n) is 2.63. The van der Waals surface area contributed by atoms with Gasteiger partial charge >= 0.3 is 5.97 Å². The standard InChI is InChI=1S/C15H24N2O4/c1-9(15(20)21)10(2)16-13(18)11-5-7-17(8-6-11)14(19)12-3-4-12/h9-12H,3-8H2,1-2H3,(H,16,18)(H,20,21). The van der Waals surface area contributed by atoms with Gasteiger partial charge in [-0.2, -0.15) is 0 Å². The van der Waals surface area contributed by atoms with Crippen molar-refractivity contribution in [1.29, 1.82) is 0 Å². The average molecular weight is 296 g/mol. The van der Waals surface area contributed by atoms with Crippen molar-refractivity contribution in [2.24, 2.45) is 17.8 Å². The molecule has 6 nitrogen and oxygen atoms in total. The molecule has 2 fully saturated rings. The molecular formula is C15H24N2O4. The summed E-state index contributed by atoms with van der Waals surface area (Å²) in [5, 5.41) is 11.7. The second kappa shape index (κ2) is 6.45. The van der Waals surface area contributed by atoms with E-state index in [1.165, 1.54) is 0 Å². The zero-order valence-electron chi connectivity index (χ0n) is 12.7. The first-order valence-corrected chi connectivity index (χ1v) is 7.72. The predicted molar refractivity (Wildman–Crippen MR) is 76.4 cm³/mol. The van der Waals surface area contributed by atoms with Crippen LogP contribution in [0.2, 0.25) is 0 Å². The molecule has 1 aliphatic heterocycles. The summed E-state index contributed by atoms with van der Waals surface area (Å²) in [5.41, 5.74) is 0. The molecule has 1 heterocycles. The minimum absolute atomic E-state index is 0.0888. The lowest BCUT2D eigenvalue weighted by Gasteiger charge is -2.32. The number of hydrogen-bond donors (Lipinski definition) is 2. The van der Waals surface area contributed by atoms with Gasteiger partial charge in [0.05, 0.1) is 5.92 Å². The lowest BCUT2D eigenvalue weighted by molar-refractivity contribution is -0.142. The summed E-state index contributed by atoms with van der Waals surface area (Å²) < 4.78 is 0. The molecule has 0 aromatic carbocycles. The number of hydrogen-bond acceptors (Lipinski definition) is 3. The van der Waals surface area contributed by atoms with Gasteiger partial charge in [0.1, 0.15) is 0 Å². The number of piperidine rings is 1. The molecule has 2 atom stereocenters. The van der Waals surface area contributed by atoms with Gasteiger partial charge in [-0.05, 0) is 39.5 Å². The SMILES string of the molecule is CC(NC(=O)C1CCN(C(=O)C2CC2)CC1)C(C)C(=O)O. The molecule has 1 aliphatic carbocycles. The zero-order valence-corrected chi connectivity index (χ0v) is 12.7. The highest BCUT2D eigenvalue weighted by Crippen LogP contribution is 2.32. The molecule has 2 rings (SSSR count). The molecule has 2 N–H and O–H groups in total. The van der Waals surface area contributed by atoms with Crippen LogP contribution in [0, 0.1) is 17.8 Å². The number of carboxylic acids is 1. The number of carboxylic acid groups (broad SMARTS) is 1. The summed E-state index contributed by atoms with van der Waals surface area (Å²) in [6, 6.07) is -0.388. The monoisotopic (exact) mass is 296 g/mol. The van der Waals surface area contributed by atoms with Crippen LogP contribution in [0.15, 0.2) is 0 Å². The van der Waals surface area contributed by atoms with Gasteiger partial charge in [-0.1, -0.05) is 0 Å². The normalized spacial score (nSPS) is 22.5. The highest BCUT2D eigenvalue weighted by atomic mass is 16.4. The molecule has 0 aromatic heterocycles.